The van der Waals surface area contributed by atoms with Gasteiger partial charge in [-0.1, -0.05) is 23.5 Å². The van der Waals surface area contributed by atoms with Gasteiger partial charge in [0.1, 0.15) is 12.3 Å². The van der Waals surface area contributed by atoms with Crippen LogP contribution in [0.3, 0.4) is 0 Å². The quantitative estimate of drug-likeness (QED) is 0.412. The maximum atomic E-state index is 14.4. The summed E-state index contributed by atoms with van der Waals surface area (Å²) in [5, 5.41) is 0.480. The number of amides is 1. The highest BCUT2D eigenvalue weighted by Gasteiger charge is 2.54. The molecule has 4 atom stereocenters. The number of benzene rings is 2. The largest absolute Gasteiger partial charge is 0.493 e. The SMILES string of the molecule is CCOc1ccc(C2C3=C(OC4CCC(F)CC4C3=O)C(=O)N2c2nc3c(C)cc(C)cc3s2)cc1OC. The van der Waals surface area contributed by atoms with E-state index in [0.717, 1.165) is 21.3 Å². The molecule has 2 aliphatic heterocycles. The van der Waals surface area contributed by atoms with Gasteiger partial charge in [-0.15, -0.1) is 0 Å². The first-order chi connectivity index (χ1) is 18.3. The lowest BCUT2D eigenvalue weighted by molar-refractivity contribution is -0.133. The molecule has 9 heteroatoms. The molecule has 198 valence electrons. The molecule has 0 bridgehead atoms. The number of thiazole rings is 1. The first kappa shape index (κ1) is 24.9. The second kappa shape index (κ2) is 9.38. The van der Waals surface area contributed by atoms with Gasteiger partial charge in [0, 0.05) is 0 Å². The maximum Gasteiger partial charge on any atom is 0.296 e. The fourth-order valence-corrected chi connectivity index (χ4v) is 7.09. The van der Waals surface area contributed by atoms with Crippen LogP contribution in [0, 0.1) is 19.8 Å². The smallest absolute Gasteiger partial charge is 0.296 e. The molecule has 1 aromatic heterocycles. The van der Waals surface area contributed by atoms with Crippen LogP contribution in [0.4, 0.5) is 9.52 Å². The molecule has 1 fully saturated rings. The van der Waals surface area contributed by atoms with E-state index in [1.807, 2.05) is 32.9 Å². The number of aromatic nitrogens is 1. The fraction of sp³-hybridized carbons (Fsp3) is 0.414. The first-order valence-electron chi connectivity index (χ1n) is 12.9. The first-order valence-corrected chi connectivity index (χ1v) is 13.7. The third kappa shape index (κ3) is 3.86. The lowest BCUT2D eigenvalue weighted by atomic mass is 9.77. The minimum atomic E-state index is -1.06. The lowest BCUT2D eigenvalue weighted by Crippen LogP contribution is -2.42. The molecule has 1 aliphatic carbocycles. The summed E-state index contributed by atoms with van der Waals surface area (Å²) < 4.78 is 32.8. The zero-order valence-corrected chi connectivity index (χ0v) is 22.6. The van der Waals surface area contributed by atoms with Crippen molar-refractivity contribution in [1.82, 2.24) is 4.98 Å². The van der Waals surface area contributed by atoms with Crippen molar-refractivity contribution in [2.45, 2.75) is 58.4 Å². The second-order valence-corrected chi connectivity index (χ2v) is 11.1. The van der Waals surface area contributed by atoms with Crippen LogP contribution in [-0.2, 0) is 14.3 Å². The summed E-state index contributed by atoms with van der Waals surface area (Å²) >= 11 is 1.40. The number of ketones is 1. The molecule has 1 amide bonds. The van der Waals surface area contributed by atoms with E-state index in [1.54, 1.807) is 24.1 Å². The predicted molar refractivity (Wildman–Crippen MR) is 143 cm³/mol. The number of carbonyl (C=O) groups is 2. The van der Waals surface area contributed by atoms with E-state index in [9.17, 15) is 14.0 Å². The summed E-state index contributed by atoms with van der Waals surface area (Å²) in [6, 6.07) is 8.71. The Morgan fingerprint density at radius 2 is 1.97 bits per heavy atom. The number of fused-ring (bicyclic) bond motifs is 2. The van der Waals surface area contributed by atoms with Gasteiger partial charge < -0.3 is 14.2 Å². The van der Waals surface area contributed by atoms with Gasteiger partial charge in [0.05, 0.1) is 41.5 Å². The number of hydrogen-bond donors (Lipinski definition) is 0. The van der Waals surface area contributed by atoms with Crippen LogP contribution in [0.5, 0.6) is 11.5 Å². The highest BCUT2D eigenvalue weighted by atomic mass is 32.1. The molecule has 1 saturated carbocycles. The minimum Gasteiger partial charge on any atom is -0.493 e. The van der Waals surface area contributed by atoms with E-state index in [4.69, 9.17) is 19.2 Å². The molecule has 7 nitrogen and oxygen atoms in total. The Balaban J connectivity index is 1.52. The Morgan fingerprint density at radius 3 is 2.74 bits per heavy atom. The van der Waals surface area contributed by atoms with Crippen molar-refractivity contribution in [2.24, 2.45) is 5.92 Å². The van der Waals surface area contributed by atoms with E-state index in [-0.39, 0.29) is 23.5 Å². The Morgan fingerprint density at radius 1 is 1.16 bits per heavy atom. The number of hydrogen-bond acceptors (Lipinski definition) is 7. The zero-order valence-electron chi connectivity index (χ0n) is 21.7. The van der Waals surface area contributed by atoms with Crippen molar-refractivity contribution in [2.75, 3.05) is 18.6 Å². The molecule has 0 radical (unpaired) electrons. The second-order valence-electron chi connectivity index (χ2n) is 10.1. The standard InChI is InChI=1S/C29H29FN2O5S/c1-5-36-20-8-6-16(12-21(20)35-4)25-23-26(33)18-13-17(30)7-9-19(18)37-27(23)28(34)32(25)29-31-24-15(3)10-14(2)11-22(24)38-29/h6,8,10-12,17-19,25H,5,7,9,13H2,1-4H3. The van der Waals surface area contributed by atoms with E-state index >= 15 is 0 Å². The molecule has 6 rings (SSSR count). The van der Waals surface area contributed by atoms with E-state index in [0.29, 0.717) is 41.6 Å². The van der Waals surface area contributed by atoms with Crippen LogP contribution in [-0.4, -0.2) is 42.7 Å². The molecule has 3 heterocycles. The minimum absolute atomic E-state index is 0.0542. The fourth-order valence-electron chi connectivity index (χ4n) is 5.92. The molecule has 0 saturated heterocycles. The summed E-state index contributed by atoms with van der Waals surface area (Å²) in [6.07, 6.45) is -0.715. The Bertz CT molecular complexity index is 1500. The van der Waals surface area contributed by atoms with Crippen molar-refractivity contribution >= 4 is 38.4 Å². The summed E-state index contributed by atoms with van der Waals surface area (Å²) in [4.78, 5) is 34.3. The van der Waals surface area contributed by atoms with Crippen LogP contribution < -0.4 is 14.4 Å². The van der Waals surface area contributed by atoms with Crippen molar-refractivity contribution < 1.29 is 28.2 Å². The number of alkyl halides is 1. The Labute approximate surface area is 224 Å². The molecular weight excluding hydrogens is 507 g/mol. The molecule has 3 aromatic rings. The van der Waals surface area contributed by atoms with E-state index < -0.39 is 30.1 Å². The number of rotatable bonds is 5. The van der Waals surface area contributed by atoms with Gasteiger partial charge in [-0.2, -0.15) is 0 Å². The number of Topliss-reactive ketones (excluding diaryl/α,β-unsaturated/α-hetero) is 1. The summed E-state index contributed by atoms with van der Waals surface area (Å²) in [5.41, 5.74) is 3.87. The number of carbonyl (C=O) groups excluding carboxylic acids is 2. The molecular formula is C29H29FN2O5S. The number of halogens is 1. The van der Waals surface area contributed by atoms with Gasteiger partial charge in [-0.25, -0.2) is 9.37 Å². The predicted octanol–water partition coefficient (Wildman–Crippen LogP) is 5.77. The normalized spacial score (nSPS) is 24.9. The van der Waals surface area contributed by atoms with Gasteiger partial charge >= 0.3 is 0 Å². The number of anilines is 1. The number of methoxy groups -OCH3 is 1. The monoisotopic (exact) mass is 536 g/mol. The average Bonchev–Trinajstić information content (AvgIpc) is 3.44. The molecule has 0 N–H and O–H groups in total. The Hall–Kier alpha value is -3.46. The third-order valence-corrected chi connectivity index (χ3v) is 8.61. The molecule has 4 unspecified atom stereocenters. The van der Waals surface area contributed by atoms with Crippen molar-refractivity contribution in [3.05, 3.63) is 58.4 Å². The van der Waals surface area contributed by atoms with Gasteiger partial charge in [0.2, 0.25) is 0 Å². The third-order valence-electron chi connectivity index (χ3n) is 7.61. The Kier molecular flexibility index (Phi) is 6.13. The molecule has 0 spiro atoms. The highest BCUT2D eigenvalue weighted by molar-refractivity contribution is 7.22. The summed E-state index contributed by atoms with van der Waals surface area (Å²) in [5.74, 6) is -0.129. The van der Waals surface area contributed by atoms with Crippen molar-refractivity contribution in [3.8, 4) is 11.5 Å². The highest BCUT2D eigenvalue weighted by Crippen LogP contribution is 2.50. The van der Waals surface area contributed by atoms with Gasteiger partial charge in [-0.3, -0.25) is 14.5 Å². The molecule has 38 heavy (non-hydrogen) atoms. The average molecular weight is 537 g/mol. The number of aryl methyl sites for hydroxylation is 2. The zero-order chi connectivity index (χ0) is 26.7. The van der Waals surface area contributed by atoms with Crippen LogP contribution >= 0.6 is 11.3 Å². The number of nitrogens with zero attached hydrogens (tertiary/aromatic N) is 2. The van der Waals surface area contributed by atoms with Crippen LogP contribution in [0.25, 0.3) is 10.2 Å². The van der Waals surface area contributed by atoms with E-state index in [2.05, 4.69) is 6.07 Å². The van der Waals surface area contributed by atoms with Crippen LogP contribution in [0.2, 0.25) is 0 Å². The van der Waals surface area contributed by atoms with Crippen LogP contribution in [0.1, 0.15) is 48.9 Å². The van der Waals surface area contributed by atoms with Crippen LogP contribution in [0.15, 0.2) is 41.7 Å². The summed E-state index contributed by atoms with van der Waals surface area (Å²) in [6.45, 7) is 6.36. The number of ether oxygens (including phenoxy) is 3. The van der Waals surface area contributed by atoms with Gasteiger partial charge in [-0.05, 0) is 74.9 Å². The topological polar surface area (TPSA) is 78.0 Å². The van der Waals surface area contributed by atoms with Gasteiger partial charge in [0.25, 0.3) is 5.91 Å². The van der Waals surface area contributed by atoms with Crippen molar-refractivity contribution in [3.63, 3.8) is 0 Å². The lowest BCUT2D eigenvalue weighted by Gasteiger charge is -2.36. The molecule has 3 aliphatic rings. The molecule has 2 aromatic carbocycles. The van der Waals surface area contributed by atoms with Crippen molar-refractivity contribution in [1.29, 1.82) is 0 Å². The summed E-state index contributed by atoms with van der Waals surface area (Å²) in [7, 11) is 1.55. The maximum absolute atomic E-state index is 14.4. The van der Waals surface area contributed by atoms with Gasteiger partial charge in [0.15, 0.2) is 28.2 Å². The van der Waals surface area contributed by atoms with E-state index in [1.165, 1.54) is 11.3 Å².